The predicted molar refractivity (Wildman–Crippen MR) is 73.9 cm³/mol. The third kappa shape index (κ3) is 3.33. The molecule has 1 aromatic rings. The average molecular weight is 266 g/mol. The summed E-state index contributed by atoms with van der Waals surface area (Å²) in [5.41, 5.74) is 0. The smallest absolute Gasteiger partial charge is 0.289 e. The van der Waals surface area contributed by atoms with E-state index in [1.54, 1.807) is 23.6 Å². The van der Waals surface area contributed by atoms with E-state index in [0.717, 1.165) is 0 Å². The summed E-state index contributed by atoms with van der Waals surface area (Å²) in [5, 5.41) is 2.74. The monoisotopic (exact) mass is 266 g/mol. The van der Waals surface area contributed by atoms with E-state index in [1.165, 1.54) is 6.20 Å². The van der Waals surface area contributed by atoms with Gasteiger partial charge in [0.15, 0.2) is 0 Å². The second-order valence-electron chi connectivity index (χ2n) is 5.18. The van der Waals surface area contributed by atoms with Crippen molar-refractivity contribution in [2.24, 2.45) is 13.0 Å². The van der Waals surface area contributed by atoms with Gasteiger partial charge in [-0.1, -0.05) is 13.8 Å². The van der Waals surface area contributed by atoms with Crippen LogP contribution in [0.1, 0.15) is 38.3 Å². The van der Waals surface area contributed by atoms with Gasteiger partial charge in [0.1, 0.15) is 5.82 Å². The van der Waals surface area contributed by atoms with Crippen LogP contribution in [0.15, 0.2) is 6.20 Å². The van der Waals surface area contributed by atoms with Crippen LogP contribution in [-0.2, 0) is 11.8 Å². The molecule has 0 fully saturated rings. The molecule has 0 bridgehead atoms. The first-order chi connectivity index (χ1) is 8.75. The molecule has 0 radical (unpaired) electrons. The highest BCUT2D eigenvalue weighted by molar-refractivity contribution is 5.94. The predicted octanol–water partition coefficient (Wildman–Crippen LogP) is 1.49. The zero-order chi connectivity index (χ0) is 14.7. The Balaban J connectivity index is 2.93. The van der Waals surface area contributed by atoms with Gasteiger partial charge in [-0.15, -0.1) is 0 Å². The van der Waals surface area contributed by atoms with Crippen LogP contribution in [-0.4, -0.2) is 39.4 Å². The highest BCUT2D eigenvalue weighted by Crippen LogP contribution is 2.13. The Hall–Kier alpha value is -1.85. The van der Waals surface area contributed by atoms with Crippen LogP contribution in [0.4, 0.5) is 5.82 Å². The lowest BCUT2D eigenvalue weighted by molar-refractivity contribution is -0.118. The molecule has 0 aliphatic heterocycles. The quantitative estimate of drug-likeness (QED) is 0.898. The summed E-state index contributed by atoms with van der Waals surface area (Å²) in [6.45, 7) is 7.49. The van der Waals surface area contributed by atoms with Gasteiger partial charge in [0, 0.05) is 26.1 Å². The van der Waals surface area contributed by atoms with Gasteiger partial charge in [0.05, 0.1) is 6.20 Å². The molecule has 0 aliphatic rings. The van der Waals surface area contributed by atoms with E-state index in [-0.39, 0.29) is 23.8 Å². The van der Waals surface area contributed by atoms with Crippen molar-refractivity contribution < 1.29 is 9.59 Å². The number of nitrogens with zero attached hydrogens (tertiary/aromatic N) is 3. The maximum Gasteiger partial charge on any atom is 0.289 e. The Morgan fingerprint density at radius 1 is 1.32 bits per heavy atom. The van der Waals surface area contributed by atoms with E-state index >= 15 is 0 Å². The second kappa shape index (κ2) is 5.86. The van der Waals surface area contributed by atoms with Crippen molar-refractivity contribution in [3.05, 3.63) is 12.0 Å². The fraction of sp³-hybridized carbons (Fsp3) is 0.615. The van der Waals surface area contributed by atoms with Crippen LogP contribution >= 0.6 is 0 Å². The highest BCUT2D eigenvalue weighted by atomic mass is 16.2. The van der Waals surface area contributed by atoms with E-state index in [2.05, 4.69) is 10.3 Å². The molecule has 0 aromatic carbocycles. The number of carbonyl (C=O) groups excluding carboxylic acids is 2. The van der Waals surface area contributed by atoms with Crippen LogP contribution in [0.3, 0.4) is 0 Å². The number of imidazole rings is 1. The molecule has 1 aromatic heterocycles. The van der Waals surface area contributed by atoms with Gasteiger partial charge in [-0.3, -0.25) is 9.59 Å². The van der Waals surface area contributed by atoms with Crippen molar-refractivity contribution in [1.29, 1.82) is 0 Å². The van der Waals surface area contributed by atoms with Crippen LogP contribution < -0.4 is 5.32 Å². The third-order valence-corrected chi connectivity index (χ3v) is 3.05. The van der Waals surface area contributed by atoms with Crippen molar-refractivity contribution in [2.45, 2.75) is 33.7 Å². The summed E-state index contributed by atoms with van der Waals surface area (Å²) in [4.78, 5) is 29.5. The zero-order valence-electron chi connectivity index (χ0n) is 12.4. The first kappa shape index (κ1) is 15.2. The minimum atomic E-state index is -0.164. The number of hydrogen-bond donors (Lipinski definition) is 1. The first-order valence-electron chi connectivity index (χ1n) is 6.35. The molecule has 2 amide bonds. The SMILES string of the molecule is CC(C)C(=O)Nc1cnc(C(=O)N(C)C(C)C)n1C. The molecule has 1 N–H and O–H groups in total. The lowest BCUT2D eigenvalue weighted by Crippen LogP contribution is -2.34. The number of hydrogen-bond acceptors (Lipinski definition) is 3. The molecule has 6 nitrogen and oxygen atoms in total. The van der Waals surface area contributed by atoms with Gasteiger partial charge in [0.25, 0.3) is 5.91 Å². The zero-order valence-corrected chi connectivity index (χ0v) is 12.4. The van der Waals surface area contributed by atoms with Crippen LogP contribution in [0.2, 0.25) is 0 Å². The molecule has 0 atom stereocenters. The third-order valence-electron chi connectivity index (χ3n) is 3.05. The first-order valence-corrected chi connectivity index (χ1v) is 6.35. The summed E-state index contributed by atoms with van der Waals surface area (Å²) in [5.74, 6) is 0.462. The molecule has 0 saturated carbocycles. The van der Waals surface area contributed by atoms with E-state index in [4.69, 9.17) is 0 Å². The van der Waals surface area contributed by atoms with Crippen LogP contribution in [0, 0.1) is 5.92 Å². The topological polar surface area (TPSA) is 67.2 Å². The van der Waals surface area contributed by atoms with E-state index in [9.17, 15) is 9.59 Å². The van der Waals surface area contributed by atoms with Gasteiger partial charge in [0.2, 0.25) is 11.7 Å². The van der Waals surface area contributed by atoms with Crippen LogP contribution in [0.25, 0.3) is 0 Å². The maximum atomic E-state index is 12.2. The standard InChI is InChI=1S/C13H22N4O2/c1-8(2)12(18)15-10-7-14-11(17(10)6)13(19)16(5)9(3)4/h7-9H,1-6H3,(H,15,18). The normalized spacial score (nSPS) is 10.9. The Morgan fingerprint density at radius 3 is 2.37 bits per heavy atom. The van der Waals surface area contributed by atoms with Crippen LogP contribution in [0.5, 0.6) is 0 Å². The largest absolute Gasteiger partial charge is 0.337 e. The van der Waals surface area contributed by atoms with E-state index in [0.29, 0.717) is 11.6 Å². The Morgan fingerprint density at radius 2 is 1.89 bits per heavy atom. The Bertz CT molecular complexity index is 477. The molecule has 0 aliphatic carbocycles. The molecule has 0 spiro atoms. The minimum absolute atomic E-state index is 0.0953. The number of anilines is 1. The van der Waals surface area contributed by atoms with E-state index < -0.39 is 0 Å². The number of aromatic nitrogens is 2. The fourth-order valence-electron chi connectivity index (χ4n) is 1.39. The summed E-state index contributed by atoms with van der Waals surface area (Å²) in [6.07, 6.45) is 1.50. The fourth-order valence-corrected chi connectivity index (χ4v) is 1.39. The van der Waals surface area contributed by atoms with Crippen molar-refractivity contribution in [3.63, 3.8) is 0 Å². The maximum absolute atomic E-state index is 12.2. The summed E-state index contributed by atoms with van der Waals surface area (Å²) < 4.78 is 1.60. The molecule has 1 heterocycles. The number of carbonyl (C=O) groups is 2. The van der Waals surface area contributed by atoms with Crippen molar-refractivity contribution >= 4 is 17.6 Å². The summed E-state index contributed by atoms with van der Waals surface area (Å²) in [7, 11) is 3.44. The van der Waals surface area contributed by atoms with Crippen molar-refractivity contribution in [3.8, 4) is 0 Å². The second-order valence-corrected chi connectivity index (χ2v) is 5.18. The van der Waals surface area contributed by atoms with Gasteiger partial charge in [-0.25, -0.2) is 4.98 Å². The lowest BCUT2D eigenvalue weighted by atomic mass is 10.2. The minimum Gasteiger partial charge on any atom is -0.337 e. The van der Waals surface area contributed by atoms with Crippen molar-refractivity contribution in [2.75, 3.05) is 12.4 Å². The van der Waals surface area contributed by atoms with E-state index in [1.807, 2.05) is 27.7 Å². The summed E-state index contributed by atoms with van der Waals surface area (Å²) >= 11 is 0. The Kier molecular flexibility index (Phi) is 4.69. The molecule has 1 rings (SSSR count). The van der Waals surface area contributed by atoms with Gasteiger partial charge >= 0.3 is 0 Å². The van der Waals surface area contributed by atoms with Gasteiger partial charge < -0.3 is 14.8 Å². The molecule has 19 heavy (non-hydrogen) atoms. The number of amides is 2. The number of rotatable bonds is 4. The van der Waals surface area contributed by atoms with Crippen molar-refractivity contribution in [1.82, 2.24) is 14.5 Å². The molecule has 0 saturated heterocycles. The summed E-state index contributed by atoms with van der Waals surface area (Å²) in [6, 6.07) is 0.0953. The average Bonchev–Trinajstić information content (AvgIpc) is 2.69. The molecular weight excluding hydrogens is 244 g/mol. The van der Waals surface area contributed by atoms with Gasteiger partial charge in [-0.05, 0) is 13.8 Å². The highest BCUT2D eigenvalue weighted by Gasteiger charge is 2.21. The van der Waals surface area contributed by atoms with Gasteiger partial charge in [-0.2, -0.15) is 0 Å². The number of nitrogens with one attached hydrogen (secondary N) is 1. The lowest BCUT2D eigenvalue weighted by Gasteiger charge is -2.21. The molecular formula is C13H22N4O2. The Labute approximate surface area is 113 Å². The molecule has 0 unspecified atom stereocenters. The molecule has 6 heteroatoms. The molecule has 106 valence electrons.